The summed E-state index contributed by atoms with van der Waals surface area (Å²) in [4.78, 5) is 16.7. The lowest BCUT2D eigenvalue weighted by molar-refractivity contribution is -0.137. The van der Waals surface area contributed by atoms with Crippen molar-refractivity contribution in [1.82, 2.24) is 4.98 Å². The SMILES string of the molecule is COc1ccc(-c2csc(NC(=O)/C=C\c3ccc(S(=O)(=O)Cc4ccc(C(F)(F)F)cc4)cc3)n2)cc1. The topological polar surface area (TPSA) is 85.4 Å². The minimum Gasteiger partial charge on any atom is -0.497 e. The van der Waals surface area contributed by atoms with Crippen molar-refractivity contribution in [2.45, 2.75) is 16.8 Å². The van der Waals surface area contributed by atoms with Gasteiger partial charge in [0.15, 0.2) is 15.0 Å². The molecule has 11 heteroatoms. The first-order valence-electron chi connectivity index (χ1n) is 11.1. The van der Waals surface area contributed by atoms with Gasteiger partial charge in [-0.05, 0) is 65.7 Å². The van der Waals surface area contributed by atoms with Gasteiger partial charge in [-0.3, -0.25) is 10.1 Å². The number of carbonyl (C=O) groups is 1. The monoisotopic (exact) mass is 558 g/mol. The Kier molecular flexibility index (Phi) is 7.98. The number of methoxy groups -OCH3 is 1. The van der Waals surface area contributed by atoms with Crippen molar-refractivity contribution >= 4 is 38.3 Å². The van der Waals surface area contributed by atoms with Crippen molar-refractivity contribution in [2.24, 2.45) is 0 Å². The van der Waals surface area contributed by atoms with E-state index in [4.69, 9.17) is 4.74 Å². The fourth-order valence-electron chi connectivity index (χ4n) is 3.42. The molecule has 0 fully saturated rings. The molecule has 0 aliphatic carbocycles. The van der Waals surface area contributed by atoms with Gasteiger partial charge < -0.3 is 4.74 Å². The molecule has 0 radical (unpaired) electrons. The van der Waals surface area contributed by atoms with E-state index in [-0.39, 0.29) is 10.5 Å². The Balaban J connectivity index is 1.35. The van der Waals surface area contributed by atoms with Crippen LogP contribution in [0.3, 0.4) is 0 Å². The summed E-state index contributed by atoms with van der Waals surface area (Å²) in [6.07, 6.45) is -1.65. The van der Waals surface area contributed by atoms with E-state index < -0.39 is 33.2 Å². The van der Waals surface area contributed by atoms with E-state index >= 15 is 0 Å². The third kappa shape index (κ3) is 6.87. The highest BCUT2D eigenvalue weighted by molar-refractivity contribution is 7.90. The second-order valence-corrected chi connectivity index (χ2v) is 11.0. The van der Waals surface area contributed by atoms with E-state index in [1.54, 1.807) is 7.11 Å². The van der Waals surface area contributed by atoms with Crippen LogP contribution in [0.2, 0.25) is 0 Å². The van der Waals surface area contributed by atoms with Crippen LogP contribution in [-0.2, 0) is 26.6 Å². The fraction of sp³-hybridized carbons (Fsp3) is 0.111. The number of aromatic nitrogens is 1. The lowest BCUT2D eigenvalue weighted by atomic mass is 10.1. The molecule has 0 saturated heterocycles. The second-order valence-electron chi connectivity index (χ2n) is 8.11. The Morgan fingerprint density at radius 1 is 1.00 bits per heavy atom. The summed E-state index contributed by atoms with van der Waals surface area (Å²) < 4.78 is 68.7. The molecule has 38 heavy (non-hydrogen) atoms. The number of nitrogens with zero attached hydrogens (tertiary/aromatic N) is 1. The minimum absolute atomic E-state index is 0.0212. The number of amides is 1. The van der Waals surface area contributed by atoms with Crippen LogP contribution in [0, 0.1) is 0 Å². The van der Waals surface area contributed by atoms with Gasteiger partial charge in [0.1, 0.15) is 5.75 Å². The highest BCUT2D eigenvalue weighted by atomic mass is 32.2. The Bertz CT molecular complexity index is 1540. The second kappa shape index (κ2) is 11.2. The molecule has 4 rings (SSSR count). The Labute approximate surface area is 221 Å². The average Bonchev–Trinajstić information content (AvgIpc) is 3.35. The van der Waals surface area contributed by atoms with Crippen molar-refractivity contribution < 1.29 is 31.1 Å². The summed E-state index contributed by atoms with van der Waals surface area (Å²) in [5.41, 5.74) is 1.59. The number of halogens is 3. The standard InChI is InChI=1S/C27H21F3N2O4S2/c1-36-22-11-7-20(8-12-22)24-16-37-26(31-24)32-25(33)15-6-18-4-13-23(14-5-18)38(34,35)17-19-2-9-21(10-3-19)27(28,29)30/h2-16H,17H2,1H3,(H,31,32,33)/b15-6-. The van der Waals surface area contributed by atoms with Crippen LogP contribution in [0.1, 0.15) is 16.7 Å². The van der Waals surface area contributed by atoms with E-state index in [1.165, 1.54) is 47.8 Å². The molecule has 4 aromatic rings. The predicted molar refractivity (Wildman–Crippen MR) is 141 cm³/mol. The minimum atomic E-state index is -4.49. The quantitative estimate of drug-likeness (QED) is 0.251. The number of anilines is 1. The highest BCUT2D eigenvalue weighted by Crippen LogP contribution is 2.30. The molecule has 1 aromatic heterocycles. The van der Waals surface area contributed by atoms with Gasteiger partial charge in [0.25, 0.3) is 0 Å². The maximum atomic E-state index is 12.7. The first-order chi connectivity index (χ1) is 18.0. The van der Waals surface area contributed by atoms with Crippen LogP contribution in [0.4, 0.5) is 18.3 Å². The summed E-state index contributed by atoms with van der Waals surface area (Å²) in [5.74, 6) is -0.109. The number of alkyl halides is 3. The van der Waals surface area contributed by atoms with Crippen molar-refractivity contribution in [2.75, 3.05) is 12.4 Å². The van der Waals surface area contributed by atoms with Gasteiger partial charge >= 0.3 is 6.18 Å². The van der Waals surface area contributed by atoms with Gasteiger partial charge in [0.05, 0.1) is 29.0 Å². The van der Waals surface area contributed by atoms with Crippen LogP contribution in [0.15, 0.2) is 89.1 Å². The zero-order chi connectivity index (χ0) is 27.3. The molecular formula is C27H21F3N2O4S2. The molecule has 0 atom stereocenters. The van der Waals surface area contributed by atoms with Crippen LogP contribution < -0.4 is 10.1 Å². The summed E-state index contributed by atoms with van der Waals surface area (Å²) in [6, 6.07) is 17.2. The van der Waals surface area contributed by atoms with Crippen molar-refractivity contribution in [3.63, 3.8) is 0 Å². The molecule has 0 unspecified atom stereocenters. The van der Waals surface area contributed by atoms with Gasteiger partial charge in [-0.1, -0.05) is 24.3 Å². The average molecular weight is 559 g/mol. The Hall–Kier alpha value is -3.96. The van der Waals surface area contributed by atoms with Gasteiger partial charge in [-0.25, -0.2) is 13.4 Å². The number of benzene rings is 3. The fourth-order valence-corrected chi connectivity index (χ4v) is 5.49. The largest absolute Gasteiger partial charge is 0.497 e. The molecule has 0 aliphatic heterocycles. The molecule has 6 nitrogen and oxygen atoms in total. The van der Waals surface area contributed by atoms with Crippen LogP contribution in [0.25, 0.3) is 17.3 Å². The lowest BCUT2D eigenvalue weighted by Crippen LogP contribution is -2.07. The van der Waals surface area contributed by atoms with Crippen LogP contribution >= 0.6 is 11.3 Å². The normalized spacial score (nSPS) is 12.0. The molecule has 0 aliphatic rings. The van der Waals surface area contributed by atoms with Crippen molar-refractivity contribution in [1.29, 1.82) is 0 Å². The van der Waals surface area contributed by atoms with Gasteiger partial charge in [-0.2, -0.15) is 13.2 Å². The molecule has 0 bridgehead atoms. The van der Waals surface area contributed by atoms with E-state index in [9.17, 15) is 26.4 Å². The summed E-state index contributed by atoms with van der Waals surface area (Å²) in [6.45, 7) is 0. The molecular weight excluding hydrogens is 537 g/mol. The zero-order valence-electron chi connectivity index (χ0n) is 19.9. The summed E-state index contributed by atoms with van der Waals surface area (Å²) >= 11 is 1.28. The van der Waals surface area contributed by atoms with Crippen molar-refractivity contribution in [3.05, 3.63) is 101 Å². The predicted octanol–water partition coefficient (Wildman–Crippen LogP) is 6.46. The Morgan fingerprint density at radius 3 is 2.26 bits per heavy atom. The zero-order valence-corrected chi connectivity index (χ0v) is 21.5. The summed E-state index contributed by atoms with van der Waals surface area (Å²) in [5, 5.41) is 4.94. The third-order valence-electron chi connectivity index (χ3n) is 5.42. The molecule has 196 valence electrons. The first-order valence-corrected chi connectivity index (χ1v) is 13.6. The van der Waals surface area contributed by atoms with E-state index in [2.05, 4.69) is 10.3 Å². The smallest absolute Gasteiger partial charge is 0.416 e. The molecule has 3 aromatic carbocycles. The highest BCUT2D eigenvalue weighted by Gasteiger charge is 2.30. The lowest BCUT2D eigenvalue weighted by Gasteiger charge is -2.08. The number of thiazole rings is 1. The van der Waals surface area contributed by atoms with E-state index in [1.807, 2.05) is 29.6 Å². The maximum absolute atomic E-state index is 12.7. The van der Waals surface area contributed by atoms with Crippen molar-refractivity contribution in [3.8, 4) is 17.0 Å². The number of hydrogen-bond acceptors (Lipinski definition) is 6. The maximum Gasteiger partial charge on any atom is 0.416 e. The number of carbonyl (C=O) groups excluding carboxylic acids is 1. The van der Waals surface area contributed by atoms with E-state index in [0.717, 1.165) is 35.6 Å². The Morgan fingerprint density at radius 2 is 1.66 bits per heavy atom. The molecule has 1 amide bonds. The molecule has 1 heterocycles. The van der Waals surface area contributed by atoms with E-state index in [0.29, 0.717) is 16.4 Å². The van der Waals surface area contributed by atoms with Gasteiger partial charge in [-0.15, -0.1) is 11.3 Å². The van der Waals surface area contributed by atoms with Gasteiger partial charge in [0.2, 0.25) is 5.91 Å². The number of sulfone groups is 1. The molecule has 0 spiro atoms. The molecule has 0 saturated carbocycles. The number of nitrogens with one attached hydrogen (secondary N) is 1. The summed E-state index contributed by atoms with van der Waals surface area (Å²) in [7, 11) is -2.19. The first kappa shape index (κ1) is 27.1. The molecule has 1 N–H and O–H groups in total. The van der Waals surface area contributed by atoms with Crippen LogP contribution in [0.5, 0.6) is 5.75 Å². The van der Waals surface area contributed by atoms with Gasteiger partial charge in [0, 0.05) is 17.0 Å². The number of rotatable bonds is 8. The third-order valence-corrected chi connectivity index (χ3v) is 7.89. The van der Waals surface area contributed by atoms with Crippen LogP contribution in [-0.4, -0.2) is 26.4 Å². The number of hydrogen-bond donors (Lipinski definition) is 1. The number of ether oxygens (including phenoxy) is 1.